The van der Waals surface area contributed by atoms with Crippen LogP contribution in [0.15, 0.2) is 69.7 Å². The van der Waals surface area contributed by atoms with E-state index >= 15 is 0 Å². The molecule has 0 spiro atoms. The Morgan fingerprint density at radius 2 is 1.83 bits per heavy atom. The number of ketones is 1. The van der Waals surface area contributed by atoms with Crippen LogP contribution in [0.4, 0.5) is 5.69 Å². The summed E-state index contributed by atoms with van der Waals surface area (Å²) in [6.45, 7) is 0. The number of Topliss-reactive ketones (excluding diaryl/α,β-unsaturated/α-hetero) is 1. The molecule has 5 heteroatoms. The number of anilines is 1. The Morgan fingerprint density at radius 1 is 1.13 bits per heavy atom. The van der Waals surface area contributed by atoms with Crippen LogP contribution < -0.4 is 5.32 Å². The van der Waals surface area contributed by atoms with E-state index in [1.807, 2.05) is 60.7 Å². The zero-order chi connectivity index (χ0) is 16.2. The normalized spacial score (nSPS) is 17.7. The van der Waals surface area contributed by atoms with Gasteiger partial charge in [0.15, 0.2) is 5.78 Å². The predicted molar refractivity (Wildman–Crippen MR) is 96.8 cm³/mol. The van der Waals surface area contributed by atoms with Gasteiger partial charge in [-0.1, -0.05) is 58.0 Å². The molecule has 1 heterocycles. The fourth-order valence-corrected chi connectivity index (χ4v) is 3.89. The second kappa shape index (κ2) is 7.03. The number of nitrogens with one attached hydrogen (secondary N) is 1. The molecule has 0 aliphatic carbocycles. The summed E-state index contributed by atoms with van der Waals surface area (Å²) in [5.41, 5.74) is 2.16. The molecule has 0 radical (unpaired) electrons. The number of rotatable bonds is 3. The Morgan fingerprint density at radius 3 is 2.48 bits per heavy atom. The number of hydrogen-bond donors (Lipinski definition) is 1. The lowest BCUT2D eigenvalue weighted by Crippen LogP contribution is -2.17. The molecule has 3 rings (SSSR count). The molecule has 0 aromatic heterocycles. The van der Waals surface area contributed by atoms with Crippen molar-refractivity contribution >= 4 is 39.2 Å². The van der Waals surface area contributed by atoms with E-state index < -0.39 is 0 Å². The van der Waals surface area contributed by atoms with Gasteiger partial charge in [-0.3, -0.25) is 4.79 Å². The van der Waals surface area contributed by atoms with Crippen LogP contribution in [0.1, 0.15) is 17.2 Å². The zero-order valence-electron chi connectivity index (χ0n) is 12.1. The van der Waals surface area contributed by atoms with Crippen molar-refractivity contribution in [2.45, 2.75) is 11.7 Å². The predicted octanol–water partition coefficient (Wildman–Crippen LogP) is 5.04. The summed E-state index contributed by atoms with van der Waals surface area (Å²) in [6, 6.07) is 19.6. The number of benzene rings is 2. The summed E-state index contributed by atoms with van der Waals surface area (Å²) in [4.78, 5) is 12.3. The lowest BCUT2D eigenvalue weighted by Gasteiger charge is -2.24. The van der Waals surface area contributed by atoms with Crippen LogP contribution in [-0.4, -0.2) is 5.78 Å². The Kier molecular flexibility index (Phi) is 4.85. The van der Waals surface area contributed by atoms with Crippen molar-refractivity contribution in [3.05, 3.63) is 75.2 Å². The van der Waals surface area contributed by atoms with Crippen molar-refractivity contribution in [3.8, 4) is 6.07 Å². The highest BCUT2D eigenvalue weighted by atomic mass is 79.9. The quantitative estimate of drug-likeness (QED) is 0.804. The largest absolute Gasteiger partial charge is 0.349 e. The fourth-order valence-electron chi connectivity index (χ4n) is 2.36. The van der Waals surface area contributed by atoms with E-state index in [-0.39, 0.29) is 16.6 Å². The van der Waals surface area contributed by atoms with Crippen molar-refractivity contribution in [2.24, 2.45) is 0 Å². The van der Waals surface area contributed by atoms with Gasteiger partial charge in [-0.2, -0.15) is 5.26 Å². The van der Waals surface area contributed by atoms with Crippen LogP contribution in [0.2, 0.25) is 0 Å². The van der Waals surface area contributed by atoms with Crippen molar-refractivity contribution < 1.29 is 4.79 Å². The van der Waals surface area contributed by atoms with Crippen LogP contribution in [0.3, 0.4) is 0 Å². The summed E-state index contributed by atoms with van der Waals surface area (Å²) >= 11 is 4.93. The minimum atomic E-state index is -0.111. The number of nitriles is 1. The maximum atomic E-state index is 12.3. The minimum Gasteiger partial charge on any atom is -0.349 e. The molecule has 2 aromatic rings. The van der Waals surface area contributed by atoms with Crippen molar-refractivity contribution in [3.63, 3.8) is 0 Å². The molecular formula is C18H13BrN2OS. The second-order valence-corrected chi connectivity index (χ2v) is 7.22. The van der Waals surface area contributed by atoms with E-state index in [0.29, 0.717) is 11.4 Å². The highest BCUT2D eigenvalue weighted by molar-refractivity contribution is 9.10. The van der Waals surface area contributed by atoms with E-state index in [1.165, 1.54) is 11.8 Å². The minimum absolute atomic E-state index is 0.0266. The summed E-state index contributed by atoms with van der Waals surface area (Å²) in [5, 5.41) is 13.2. The van der Waals surface area contributed by atoms with E-state index in [2.05, 4.69) is 21.2 Å². The average molecular weight is 385 g/mol. The topological polar surface area (TPSA) is 52.9 Å². The van der Waals surface area contributed by atoms with E-state index in [1.54, 1.807) is 0 Å². The number of nitrogens with zero attached hydrogens (tertiary/aromatic N) is 1. The number of carbonyl (C=O) groups excluding carboxylic acids is 1. The lowest BCUT2D eigenvalue weighted by molar-refractivity contribution is -0.115. The number of thioether (sulfide) groups is 1. The molecule has 1 unspecified atom stereocenters. The molecule has 114 valence electrons. The summed E-state index contributed by atoms with van der Waals surface area (Å²) in [7, 11) is 0. The molecule has 0 fully saturated rings. The molecule has 3 nitrogen and oxygen atoms in total. The fraction of sp³-hybridized carbons (Fsp3) is 0.111. The number of halogens is 1. The summed E-state index contributed by atoms with van der Waals surface area (Å²) < 4.78 is 0.979. The average Bonchev–Trinajstić information content (AvgIpc) is 2.57. The highest BCUT2D eigenvalue weighted by Crippen LogP contribution is 2.43. The van der Waals surface area contributed by atoms with Crippen LogP contribution >= 0.6 is 27.7 Å². The molecule has 0 saturated heterocycles. The van der Waals surface area contributed by atoms with Gasteiger partial charge in [0.05, 0.1) is 5.03 Å². The van der Waals surface area contributed by atoms with Gasteiger partial charge < -0.3 is 5.32 Å². The standard InChI is InChI=1S/C18H13BrN2OS/c19-13-6-8-14(9-7-13)21-18-15(11-20)16(22)10-17(23-18)12-4-2-1-3-5-12/h1-9,17,21H,10H2. The van der Waals surface area contributed by atoms with E-state index in [0.717, 1.165) is 15.7 Å². The number of allylic oxidation sites excluding steroid dienone is 1. The molecule has 1 atom stereocenters. The first kappa shape index (κ1) is 15.9. The molecule has 0 saturated carbocycles. The Hall–Kier alpha value is -2.03. The molecule has 1 aliphatic heterocycles. The third kappa shape index (κ3) is 3.66. The summed E-state index contributed by atoms with van der Waals surface area (Å²) in [5.74, 6) is -0.111. The third-order valence-corrected chi connectivity index (χ3v) is 5.32. The van der Waals surface area contributed by atoms with Crippen LogP contribution in [0.25, 0.3) is 0 Å². The van der Waals surface area contributed by atoms with Gasteiger partial charge in [0.25, 0.3) is 0 Å². The third-order valence-electron chi connectivity index (χ3n) is 3.52. The lowest BCUT2D eigenvalue weighted by atomic mass is 10.0. The number of carbonyl (C=O) groups is 1. The van der Waals surface area contributed by atoms with Gasteiger partial charge in [0, 0.05) is 21.8 Å². The smallest absolute Gasteiger partial charge is 0.177 e. The van der Waals surface area contributed by atoms with Gasteiger partial charge >= 0.3 is 0 Å². The first-order chi connectivity index (χ1) is 11.2. The van der Waals surface area contributed by atoms with E-state index in [9.17, 15) is 10.1 Å². The van der Waals surface area contributed by atoms with E-state index in [4.69, 9.17) is 0 Å². The zero-order valence-corrected chi connectivity index (χ0v) is 14.5. The second-order valence-electron chi connectivity index (χ2n) is 5.09. The summed E-state index contributed by atoms with van der Waals surface area (Å²) in [6.07, 6.45) is 0.350. The molecule has 0 amide bonds. The molecular weight excluding hydrogens is 372 g/mol. The molecule has 1 aliphatic rings. The monoisotopic (exact) mass is 384 g/mol. The van der Waals surface area contributed by atoms with Crippen molar-refractivity contribution in [1.82, 2.24) is 0 Å². The Balaban J connectivity index is 1.90. The highest BCUT2D eigenvalue weighted by Gasteiger charge is 2.29. The number of hydrogen-bond acceptors (Lipinski definition) is 4. The van der Waals surface area contributed by atoms with Gasteiger partial charge in [-0.05, 0) is 29.8 Å². The maximum absolute atomic E-state index is 12.3. The SMILES string of the molecule is N#CC1=C(Nc2ccc(Br)cc2)SC(c2ccccc2)CC1=O. The Labute approximate surface area is 147 Å². The first-order valence-electron chi connectivity index (χ1n) is 7.09. The van der Waals surface area contributed by atoms with Gasteiger partial charge in [0.1, 0.15) is 11.6 Å². The first-order valence-corrected chi connectivity index (χ1v) is 8.76. The van der Waals surface area contributed by atoms with Crippen LogP contribution in [-0.2, 0) is 4.79 Å². The van der Waals surface area contributed by atoms with Gasteiger partial charge in [-0.25, -0.2) is 0 Å². The van der Waals surface area contributed by atoms with Crippen molar-refractivity contribution in [1.29, 1.82) is 5.26 Å². The molecule has 0 bridgehead atoms. The Bertz CT molecular complexity index is 794. The van der Waals surface area contributed by atoms with Crippen molar-refractivity contribution in [2.75, 3.05) is 5.32 Å². The van der Waals surface area contributed by atoms with Crippen LogP contribution in [0, 0.1) is 11.3 Å². The molecule has 1 N–H and O–H groups in total. The van der Waals surface area contributed by atoms with Crippen LogP contribution in [0.5, 0.6) is 0 Å². The molecule has 2 aromatic carbocycles. The van der Waals surface area contributed by atoms with Gasteiger partial charge in [0.2, 0.25) is 0 Å². The molecule has 23 heavy (non-hydrogen) atoms. The van der Waals surface area contributed by atoms with Gasteiger partial charge in [-0.15, -0.1) is 0 Å². The maximum Gasteiger partial charge on any atom is 0.177 e.